The van der Waals surface area contributed by atoms with Crippen molar-refractivity contribution in [2.75, 3.05) is 7.11 Å². The Balaban J connectivity index is 0.00000196. The first-order valence-corrected chi connectivity index (χ1v) is 5.01. The van der Waals surface area contributed by atoms with Crippen molar-refractivity contribution >= 4 is 47.5 Å². The van der Waals surface area contributed by atoms with Crippen molar-refractivity contribution in [1.82, 2.24) is 4.72 Å². The molecule has 0 atom stereocenters. The number of hydrogen-bond donors (Lipinski definition) is 2. The first-order chi connectivity index (χ1) is 6.72. The summed E-state index contributed by atoms with van der Waals surface area (Å²) in [5, 5.41) is 0. The molecule has 0 saturated heterocycles. The minimum absolute atomic E-state index is 0. The topological polar surface area (TPSA) is 64.3 Å². The summed E-state index contributed by atoms with van der Waals surface area (Å²) >= 11 is 1.26. The van der Waals surface area contributed by atoms with E-state index in [0.717, 1.165) is 11.3 Å². The molecular weight excluding hydrogens is 223 g/mol. The average Bonchev–Trinajstić information content (AvgIpc) is 2.18. The summed E-state index contributed by atoms with van der Waals surface area (Å²) in [4.78, 5) is 10.4. The SMILES string of the molecule is COc1ccc(CSNC(N)=O)cc1.[NaH]. The van der Waals surface area contributed by atoms with Gasteiger partial charge in [0.05, 0.1) is 7.11 Å². The molecule has 0 fully saturated rings. The number of amides is 2. The molecule has 78 valence electrons. The average molecular weight is 236 g/mol. The molecule has 3 N–H and O–H groups in total. The van der Waals surface area contributed by atoms with E-state index in [1.54, 1.807) is 7.11 Å². The van der Waals surface area contributed by atoms with Gasteiger partial charge in [-0.3, -0.25) is 4.72 Å². The number of nitrogens with two attached hydrogens (primary N) is 1. The summed E-state index contributed by atoms with van der Waals surface area (Å²) in [6.07, 6.45) is 0. The Morgan fingerprint density at radius 1 is 1.47 bits per heavy atom. The molecular formula is C9H13N2NaO2S. The van der Waals surface area contributed by atoms with Gasteiger partial charge < -0.3 is 10.5 Å². The molecule has 6 heteroatoms. The van der Waals surface area contributed by atoms with Crippen LogP contribution in [-0.4, -0.2) is 42.7 Å². The Labute approximate surface area is 115 Å². The van der Waals surface area contributed by atoms with E-state index in [-0.39, 0.29) is 29.6 Å². The van der Waals surface area contributed by atoms with E-state index < -0.39 is 6.03 Å². The number of rotatable bonds is 4. The van der Waals surface area contributed by atoms with Crippen molar-refractivity contribution in [3.63, 3.8) is 0 Å². The first-order valence-electron chi connectivity index (χ1n) is 4.02. The maximum absolute atomic E-state index is 10.4. The van der Waals surface area contributed by atoms with Crippen molar-refractivity contribution in [3.05, 3.63) is 29.8 Å². The first kappa shape index (κ1) is 14.6. The Kier molecular flexibility index (Phi) is 7.68. The van der Waals surface area contributed by atoms with Gasteiger partial charge in [0, 0.05) is 5.75 Å². The Morgan fingerprint density at radius 2 is 2.07 bits per heavy atom. The maximum atomic E-state index is 10.4. The molecule has 4 nitrogen and oxygen atoms in total. The molecule has 0 spiro atoms. The molecule has 0 aliphatic heterocycles. The molecule has 0 bridgehead atoms. The Hall–Kier alpha value is -0.360. The molecule has 0 heterocycles. The van der Waals surface area contributed by atoms with Crippen LogP contribution in [0.4, 0.5) is 4.79 Å². The van der Waals surface area contributed by atoms with E-state index in [1.807, 2.05) is 24.3 Å². The van der Waals surface area contributed by atoms with Crippen molar-refractivity contribution in [2.24, 2.45) is 5.73 Å². The summed E-state index contributed by atoms with van der Waals surface area (Å²) in [5.74, 6) is 1.51. The van der Waals surface area contributed by atoms with Crippen LogP contribution >= 0.6 is 11.9 Å². The van der Waals surface area contributed by atoms with E-state index in [9.17, 15) is 4.79 Å². The second kappa shape index (κ2) is 7.87. The third-order valence-electron chi connectivity index (χ3n) is 1.57. The number of methoxy groups -OCH3 is 1. The van der Waals surface area contributed by atoms with Crippen molar-refractivity contribution < 1.29 is 9.53 Å². The number of carbonyl (C=O) groups is 1. The summed E-state index contributed by atoms with van der Waals surface area (Å²) in [6.45, 7) is 0. The molecule has 15 heavy (non-hydrogen) atoms. The number of carbonyl (C=O) groups excluding carboxylic acids is 1. The van der Waals surface area contributed by atoms with Crippen LogP contribution in [0.1, 0.15) is 5.56 Å². The van der Waals surface area contributed by atoms with Gasteiger partial charge in [0.25, 0.3) is 0 Å². The molecule has 2 amide bonds. The Morgan fingerprint density at radius 3 is 2.53 bits per heavy atom. The van der Waals surface area contributed by atoms with Gasteiger partial charge in [0.1, 0.15) is 5.75 Å². The normalized spacial score (nSPS) is 8.87. The van der Waals surface area contributed by atoms with E-state index in [1.165, 1.54) is 11.9 Å². The standard InChI is InChI=1S/C9H12N2O2S.Na.H/c1-13-8-4-2-7(3-5-8)6-14-11-9(10)12;;/h2-5H,6H2,1H3,(H3,10,11,12);;. The summed E-state index contributed by atoms with van der Waals surface area (Å²) in [7, 11) is 1.62. The van der Waals surface area contributed by atoms with Gasteiger partial charge in [-0.2, -0.15) is 0 Å². The van der Waals surface area contributed by atoms with Crippen LogP contribution < -0.4 is 15.2 Å². The molecule has 1 aromatic rings. The number of primary amides is 1. The molecule has 1 aromatic carbocycles. The van der Waals surface area contributed by atoms with Crippen LogP contribution in [0.5, 0.6) is 5.75 Å². The number of ether oxygens (including phenoxy) is 1. The second-order valence-corrected chi connectivity index (χ2v) is 3.38. The predicted octanol–water partition coefficient (Wildman–Crippen LogP) is 0.863. The summed E-state index contributed by atoms with van der Waals surface area (Å²) < 4.78 is 7.46. The van der Waals surface area contributed by atoms with Gasteiger partial charge in [0.15, 0.2) is 0 Å². The monoisotopic (exact) mass is 236 g/mol. The van der Waals surface area contributed by atoms with Crippen molar-refractivity contribution in [2.45, 2.75) is 5.75 Å². The van der Waals surface area contributed by atoms with Crippen molar-refractivity contribution in [1.29, 1.82) is 0 Å². The van der Waals surface area contributed by atoms with Gasteiger partial charge >= 0.3 is 35.6 Å². The molecule has 0 unspecified atom stereocenters. The predicted molar refractivity (Wildman–Crippen MR) is 64.2 cm³/mol. The van der Waals surface area contributed by atoms with E-state index in [4.69, 9.17) is 10.5 Å². The molecule has 0 saturated carbocycles. The van der Waals surface area contributed by atoms with Crippen LogP contribution in [0.2, 0.25) is 0 Å². The zero-order chi connectivity index (χ0) is 10.4. The number of nitrogens with one attached hydrogen (secondary N) is 1. The van der Waals surface area contributed by atoms with Crippen LogP contribution in [0.3, 0.4) is 0 Å². The Bertz CT molecular complexity index is 305. The number of hydrogen-bond acceptors (Lipinski definition) is 3. The van der Waals surface area contributed by atoms with Gasteiger partial charge in [-0.15, -0.1) is 0 Å². The molecule has 1 rings (SSSR count). The third-order valence-corrected chi connectivity index (χ3v) is 2.39. The van der Waals surface area contributed by atoms with Crippen LogP contribution in [0.15, 0.2) is 24.3 Å². The summed E-state index contributed by atoms with van der Waals surface area (Å²) in [5.41, 5.74) is 6.01. The number of benzene rings is 1. The van der Waals surface area contributed by atoms with Crippen LogP contribution in [-0.2, 0) is 5.75 Å². The van der Waals surface area contributed by atoms with Gasteiger partial charge in [-0.1, -0.05) is 12.1 Å². The molecule has 0 aliphatic rings. The van der Waals surface area contributed by atoms with Gasteiger partial charge in [0.2, 0.25) is 0 Å². The van der Waals surface area contributed by atoms with Crippen molar-refractivity contribution in [3.8, 4) is 5.75 Å². The van der Waals surface area contributed by atoms with E-state index in [2.05, 4.69) is 4.72 Å². The second-order valence-electron chi connectivity index (χ2n) is 2.60. The van der Waals surface area contributed by atoms with Crippen LogP contribution in [0.25, 0.3) is 0 Å². The van der Waals surface area contributed by atoms with Gasteiger partial charge in [-0.25, -0.2) is 4.79 Å². The molecule has 0 aliphatic carbocycles. The van der Waals surface area contributed by atoms with E-state index >= 15 is 0 Å². The zero-order valence-electron chi connectivity index (χ0n) is 7.82. The fourth-order valence-corrected chi connectivity index (χ4v) is 1.49. The quantitative estimate of drug-likeness (QED) is 0.602. The van der Waals surface area contributed by atoms with Gasteiger partial charge in [-0.05, 0) is 29.6 Å². The fraction of sp³-hybridized carbons (Fsp3) is 0.222. The number of urea groups is 1. The van der Waals surface area contributed by atoms with E-state index in [0.29, 0.717) is 5.75 Å². The van der Waals surface area contributed by atoms with Crippen LogP contribution in [0, 0.1) is 0 Å². The summed E-state index contributed by atoms with van der Waals surface area (Å²) in [6, 6.07) is 7.10. The fourth-order valence-electron chi connectivity index (χ4n) is 0.912. The minimum atomic E-state index is -0.525. The molecule has 0 aromatic heterocycles. The zero-order valence-corrected chi connectivity index (χ0v) is 8.64. The molecule has 0 radical (unpaired) electrons. The third kappa shape index (κ3) is 5.94.